The van der Waals surface area contributed by atoms with Crippen molar-refractivity contribution in [1.82, 2.24) is 0 Å². The van der Waals surface area contributed by atoms with Crippen molar-refractivity contribution in [2.75, 3.05) is 4.90 Å². The van der Waals surface area contributed by atoms with E-state index < -0.39 is 17.4 Å². The molecule has 3 aliphatic rings. The van der Waals surface area contributed by atoms with Crippen LogP contribution in [0.3, 0.4) is 0 Å². The number of ether oxygens (including phenoxy) is 1. The highest BCUT2D eigenvalue weighted by molar-refractivity contribution is 6.23. The smallest absolute Gasteiger partial charge is 0.241 e. The highest BCUT2D eigenvalue weighted by Crippen LogP contribution is 2.52. The molecule has 2 saturated heterocycles. The van der Waals surface area contributed by atoms with Crippen LogP contribution in [-0.2, 0) is 14.3 Å². The monoisotopic (exact) mass is 283 g/mol. The van der Waals surface area contributed by atoms with Gasteiger partial charge in [0, 0.05) is 5.56 Å². The molecule has 4 unspecified atom stereocenters. The zero-order chi connectivity index (χ0) is 14.8. The third kappa shape index (κ3) is 1.46. The van der Waals surface area contributed by atoms with Crippen molar-refractivity contribution in [2.24, 2.45) is 11.8 Å². The van der Waals surface area contributed by atoms with Gasteiger partial charge in [-0.2, -0.15) is 0 Å². The molecule has 106 valence electrons. The Balaban J connectivity index is 1.74. The van der Waals surface area contributed by atoms with Gasteiger partial charge in [0.25, 0.3) is 0 Å². The molecule has 0 radical (unpaired) electrons. The molecule has 2 bridgehead atoms. The van der Waals surface area contributed by atoms with Crippen molar-refractivity contribution in [3.63, 3.8) is 0 Å². The Bertz CT molecular complexity index is 693. The first-order chi connectivity index (χ1) is 10.0. The van der Waals surface area contributed by atoms with Crippen LogP contribution >= 0.6 is 0 Å². The molecule has 5 nitrogen and oxygen atoms in total. The second-order valence-corrected chi connectivity index (χ2v) is 5.85. The fourth-order valence-electron chi connectivity index (χ4n) is 3.61. The minimum Gasteiger partial charge on any atom is -0.362 e. The largest absolute Gasteiger partial charge is 0.362 e. The van der Waals surface area contributed by atoms with Gasteiger partial charge in [0.1, 0.15) is 6.29 Å². The van der Waals surface area contributed by atoms with Crippen molar-refractivity contribution >= 4 is 23.8 Å². The molecule has 4 atom stereocenters. The Morgan fingerprint density at radius 3 is 2.52 bits per heavy atom. The molecule has 21 heavy (non-hydrogen) atoms. The fraction of sp³-hybridized carbons (Fsp3) is 0.312. The molecule has 2 fully saturated rings. The van der Waals surface area contributed by atoms with Crippen molar-refractivity contribution in [1.29, 1.82) is 0 Å². The number of nitrogens with zero attached hydrogens (tertiary/aromatic N) is 1. The Morgan fingerprint density at radius 1 is 1.19 bits per heavy atom. The summed E-state index contributed by atoms with van der Waals surface area (Å²) in [5.74, 6) is -1.33. The van der Waals surface area contributed by atoms with Crippen LogP contribution in [-0.4, -0.2) is 29.8 Å². The van der Waals surface area contributed by atoms with Crippen LogP contribution in [0, 0.1) is 11.8 Å². The van der Waals surface area contributed by atoms with Gasteiger partial charge in [0.05, 0.1) is 29.2 Å². The second-order valence-electron chi connectivity index (χ2n) is 5.85. The molecule has 0 spiro atoms. The van der Waals surface area contributed by atoms with E-state index in [0.29, 0.717) is 11.3 Å². The third-order valence-corrected chi connectivity index (χ3v) is 4.62. The molecule has 0 aromatic heterocycles. The predicted molar refractivity (Wildman–Crippen MR) is 73.7 cm³/mol. The summed E-state index contributed by atoms with van der Waals surface area (Å²) in [6.07, 6.45) is 4.16. The number of aldehydes is 1. The maximum Gasteiger partial charge on any atom is 0.241 e. The summed E-state index contributed by atoms with van der Waals surface area (Å²) in [6.45, 7) is 1.85. The number of carbonyl (C=O) groups is 3. The standard InChI is InChI=1S/C16H13NO4/c1-16-7-6-11(21-16)12-13(16)15(20)17(14(12)19)10-4-2-9(8-18)3-5-10/h2-8,11-13H,1H3. The van der Waals surface area contributed by atoms with Crippen molar-refractivity contribution < 1.29 is 19.1 Å². The van der Waals surface area contributed by atoms with Crippen LogP contribution in [0.5, 0.6) is 0 Å². The first kappa shape index (κ1) is 12.5. The Labute approximate surface area is 121 Å². The zero-order valence-electron chi connectivity index (χ0n) is 11.4. The Kier molecular flexibility index (Phi) is 2.31. The number of benzene rings is 1. The quantitative estimate of drug-likeness (QED) is 0.466. The van der Waals surface area contributed by atoms with E-state index in [0.717, 1.165) is 6.29 Å². The zero-order valence-corrected chi connectivity index (χ0v) is 11.4. The maximum absolute atomic E-state index is 12.7. The average molecular weight is 283 g/mol. The molecule has 0 aliphatic carbocycles. The van der Waals surface area contributed by atoms with Crippen LogP contribution in [0.4, 0.5) is 5.69 Å². The van der Waals surface area contributed by atoms with Crippen molar-refractivity contribution in [3.8, 4) is 0 Å². The molecule has 2 amide bonds. The van der Waals surface area contributed by atoms with E-state index in [-0.39, 0.29) is 17.9 Å². The lowest BCUT2D eigenvalue weighted by Crippen LogP contribution is -2.38. The Morgan fingerprint density at radius 2 is 1.90 bits per heavy atom. The number of fused-ring (bicyclic) bond motifs is 5. The Hall–Kier alpha value is -2.27. The third-order valence-electron chi connectivity index (χ3n) is 4.62. The number of imide groups is 1. The van der Waals surface area contributed by atoms with Gasteiger partial charge in [-0.3, -0.25) is 14.4 Å². The lowest BCUT2D eigenvalue weighted by atomic mass is 9.78. The first-order valence-electron chi connectivity index (χ1n) is 6.85. The van der Waals surface area contributed by atoms with E-state index in [1.54, 1.807) is 24.3 Å². The molecular weight excluding hydrogens is 270 g/mol. The topological polar surface area (TPSA) is 63.7 Å². The van der Waals surface area contributed by atoms with Gasteiger partial charge in [0.15, 0.2) is 0 Å². The van der Waals surface area contributed by atoms with Crippen molar-refractivity contribution in [2.45, 2.75) is 18.6 Å². The van der Waals surface area contributed by atoms with E-state index in [1.165, 1.54) is 4.90 Å². The van der Waals surface area contributed by atoms with E-state index in [1.807, 2.05) is 19.1 Å². The van der Waals surface area contributed by atoms with E-state index in [2.05, 4.69) is 0 Å². The summed E-state index contributed by atoms with van der Waals surface area (Å²) >= 11 is 0. The summed E-state index contributed by atoms with van der Waals surface area (Å²) in [5, 5.41) is 0. The number of rotatable bonds is 2. The molecule has 3 aliphatic heterocycles. The van der Waals surface area contributed by atoms with Crippen LogP contribution in [0.1, 0.15) is 17.3 Å². The lowest BCUT2D eigenvalue weighted by Gasteiger charge is -2.24. The summed E-state index contributed by atoms with van der Waals surface area (Å²) in [6, 6.07) is 6.45. The SMILES string of the molecule is CC12C=CC(O1)C1C(=O)N(c3ccc(C=O)cc3)C(=O)C12. The minimum absolute atomic E-state index is 0.220. The molecule has 1 aromatic carbocycles. The molecule has 1 aromatic rings. The lowest BCUT2D eigenvalue weighted by molar-refractivity contribution is -0.126. The number of anilines is 1. The van der Waals surface area contributed by atoms with Gasteiger partial charge >= 0.3 is 0 Å². The summed E-state index contributed by atoms with van der Waals surface area (Å²) in [4.78, 5) is 37.2. The van der Waals surface area contributed by atoms with Crippen LogP contribution in [0.2, 0.25) is 0 Å². The fourth-order valence-corrected chi connectivity index (χ4v) is 3.61. The highest BCUT2D eigenvalue weighted by atomic mass is 16.5. The number of amides is 2. The van der Waals surface area contributed by atoms with Crippen LogP contribution in [0.15, 0.2) is 36.4 Å². The molecule has 3 heterocycles. The van der Waals surface area contributed by atoms with E-state index >= 15 is 0 Å². The summed E-state index contributed by atoms with van der Waals surface area (Å²) < 4.78 is 5.76. The molecule has 0 saturated carbocycles. The van der Waals surface area contributed by atoms with Gasteiger partial charge in [-0.25, -0.2) is 4.90 Å². The molecular formula is C16H13NO4. The van der Waals surface area contributed by atoms with Gasteiger partial charge in [0.2, 0.25) is 11.8 Å². The molecule has 0 N–H and O–H groups in total. The number of carbonyl (C=O) groups excluding carboxylic acids is 3. The number of hydrogen-bond acceptors (Lipinski definition) is 4. The normalized spacial score (nSPS) is 36.4. The summed E-state index contributed by atoms with van der Waals surface area (Å²) in [5.41, 5.74) is 0.336. The van der Waals surface area contributed by atoms with Gasteiger partial charge in [-0.1, -0.05) is 12.2 Å². The average Bonchev–Trinajstić information content (AvgIpc) is 3.09. The highest BCUT2D eigenvalue weighted by Gasteiger charge is 2.65. The molecule has 4 rings (SSSR count). The first-order valence-corrected chi connectivity index (χ1v) is 6.85. The predicted octanol–water partition coefficient (Wildman–Crippen LogP) is 1.33. The molecule has 5 heteroatoms. The van der Waals surface area contributed by atoms with Gasteiger partial charge in [-0.15, -0.1) is 0 Å². The van der Waals surface area contributed by atoms with Crippen molar-refractivity contribution in [3.05, 3.63) is 42.0 Å². The van der Waals surface area contributed by atoms with E-state index in [9.17, 15) is 14.4 Å². The van der Waals surface area contributed by atoms with Crippen LogP contribution in [0.25, 0.3) is 0 Å². The summed E-state index contributed by atoms with van der Waals surface area (Å²) in [7, 11) is 0. The van der Waals surface area contributed by atoms with Gasteiger partial charge < -0.3 is 4.74 Å². The maximum atomic E-state index is 12.7. The second kappa shape index (κ2) is 3.89. The number of hydrogen-bond donors (Lipinski definition) is 0. The van der Waals surface area contributed by atoms with Gasteiger partial charge in [-0.05, 0) is 31.2 Å². The van der Waals surface area contributed by atoms with E-state index in [4.69, 9.17) is 4.74 Å². The van der Waals surface area contributed by atoms with Crippen LogP contribution < -0.4 is 4.90 Å². The minimum atomic E-state index is -0.681.